The van der Waals surface area contributed by atoms with Gasteiger partial charge in [0.25, 0.3) is 0 Å². The molecule has 0 N–H and O–H groups in total. The van der Waals surface area contributed by atoms with Crippen LogP contribution in [0.4, 0.5) is 0 Å². The Kier molecular flexibility index (Phi) is 13.6. The minimum absolute atomic E-state index is 0.589. The van der Waals surface area contributed by atoms with Crippen molar-refractivity contribution < 1.29 is 4.74 Å². The first-order chi connectivity index (χ1) is 13.8. The Bertz CT molecular complexity index is 302. The Labute approximate surface area is 177 Å². The highest BCUT2D eigenvalue weighted by atomic mass is 16.5. The summed E-state index contributed by atoms with van der Waals surface area (Å²) in [6, 6.07) is 0. The van der Waals surface area contributed by atoms with E-state index in [1.807, 2.05) is 0 Å². The van der Waals surface area contributed by atoms with Crippen LogP contribution in [-0.4, -0.2) is 12.7 Å². The monoisotopic (exact) mass is 392 g/mol. The zero-order chi connectivity index (χ0) is 19.9. The molecule has 1 heteroatoms. The van der Waals surface area contributed by atoms with Gasteiger partial charge in [0.15, 0.2) is 0 Å². The van der Waals surface area contributed by atoms with Crippen LogP contribution < -0.4 is 0 Å². The summed E-state index contributed by atoms with van der Waals surface area (Å²) in [6.45, 7) is 5.62. The summed E-state index contributed by atoms with van der Waals surface area (Å²) in [5, 5.41) is 0. The highest BCUT2D eigenvalue weighted by molar-refractivity contribution is 4.82. The van der Waals surface area contributed by atoms with Gasteiger partial charge < -0.3 is 4.74 Å². The first kappa shape index (κ1) is 24.2. The second kappa shape index (κ2) is 15.8. The fourth-order valence-electron chi connectivity index (χ4n) is 5.84. The van der Waals surface area contributed by atoms with Gasteiger partial charge in [0, 0.05) is 6.61 Å². The van der Waals surface area contributed by atoms with E-state index in [2.05, 4.69) is 13.8 Å². The van der Waals surface area contributed by atoms with Crippen molar-refractivity contribution in [1.29, 1.82) is 0 Å². The highest BCUT2D eigenvalue weighted by Crippen LogP contribution is 2.41. The Hall–Kier alpha value is -0.0400. The molecule has 2 fully saturated rings. The van der Waals surface area contributed by atoms with E-state index < -0.39 is 0 Å². The third-order valence-electron chi connectivity index (χ3n) is 7.84. The van der Waals surface area contributed by atoms with Crippen molar-refractivity contribution in [2.45, 2.75) is 148 Å². The van der Waals surface area contributed by atoms with E-state index in [0.29, 0.717) is 6.10 Å². The molecule has 166 valence electrons. The standard InChI is InChI=1S/C27H52O/c1-3-5-7-9-10-12-14-24-15-17-25(18-16-24)26-19-21-27(22-20-26)28-23-13-11-8-6-4-2/h24-27H,3-23H2,1-2H3/t24?,25?,26-,27-. The zero-order valence-electron chi connectivity index (χ0n) is 19.6. The van der Waals surface area contributed by atoms with Gasteiger partial charge >= 0.3 is 0 Å². The molecule has 2 rings (SSSR count). The first-order valence-electron chi connectivity index (χ1n) is 13.4. The van der Waals surface area contributed by atoms with Crippen molar-refractivity contribution in [2.75, 3.05) is 6.61 Å². The van der Waals surface area contributed by atoms with Gasteiger partial charge in [-0.25, -0.2) is 0 Å². The number of unbranched alkanes of at least 4 members (excludes halogenated alkanes) is 9. The molecular formula is C27H52O. The van der Waals surface area contributed by atoms with Crippen molar-refractivity contribution in [3.05, 3.63) is 0 Å². The van der Waals surface area contributed by atoms with Crippen LogP contribution in [-0.2, 0) is 4.74 Å². The van der Waals surface area contributed by atoms with Crippen LogP contribution in [0.5, 0.6) is 0 Å². The van der Waals surface area contributed by atoms with Gasteiger partial charge in [-0.05, 0) is 62.7 Å². The van der Waals surface area contributed by atoms with E-state index in [4.69, 9.17) is 4.74 Å². The number of ether oxygens (including phenoxy) is 1. The molecule has 0 spiro atoms. The molecule has 0 unspecified atom stereocenters. The Morgan fingerprint density at radius 2 is 1.04 bits per heavy atom. The molecule has 0 aromatic rings. The van der Waals surface area contributed by atoms with E-state index >= 15 is 0 Å². The molecule has 0 aromatic carbocycles. The maximum atomic E-state index is 6.20. The summed E-state index contributed by atoms with van der Waals surface area (Å²) in [4.78, 5) is 0. The summed E-state index contributed by atoms with van der Waals surface area (Å²) in [5.41, 5.74) is 0. The van der Waals surface area contributed by atoms with Gasteiger partial charge in [-0.3, -0.25) is 0 Å². The van der Waals surface area contributed by atoms with Crippen LogP contribution in [0, 0.1) is 17.8 Å². The predicted octanol–water partition coefficient (Wildman–Crippen LogP) is 9.09. The molecular weight excluding hydrogens is 340 g/mol. The largest absolute Gasteiger partial charge is 0.378 e. The minimum Gasteiger partial charge on any atom is -0.378 e. The van der Waals surface area contributed by atoms with E-state index in [-0.39, 0.29) is 0 Å². The second-order valence-corrected chi connectivity index (χ2v) is 10.2. The van der Waals surface area contributed by atoms with Gasteiger partial charge in [-0.15, -0.1) is 0 Å². The van der Waals surface area contributed by atoms with Crippen molar-refractivity contribution >= 4 is 0 Å². The van der Waals surface area contributed by atoms with E-state index in [9.17, 15) is 0 Å². The third kappa shape index (κ3) is 10.1. The molecule has 0 atom stereocenters. The minimum atomic E-state index is 0.589. The Balaban J connectivity index is 1.47. The average Bonchev–Trinajstić information content (AvgIpc) is 2.74. The molecule has 2 saturated carbocycles. The third-order valence-corrected chi connectivity index (χ3v) is 7.84. The van der Waals surface area contributed by atoms with E-state index in [1.54, 1.807) is 0 Å². The molecule has 1 nitrogen and oxygen atoms in total. The lowest BCUT2D eigenvalue weighted by atomic mass is 9.70. The fourth-order valence-corrected chi connectivity index (χ4v) is 5.84. The van der Waals surface area contributed by atoms with E-state index in [1.165, 1.54) is 128 Å². The number of hydrogen-bond acceptors (Lipinski definition) is 1. The van der Waals surface area contributed by atoms with Crippen LogP contribution in [0.3, 0.4) is 0 Å². The van der Waals surface area contributed by atoms with Crippen molar-refractivity contribution in [2.24, 2.45) is 17.8 Å². The van der Waals surface area contributed by atoms with Crippen LogP contribution in [0.2, 0.25) is 0 Å². The normalized spacial score (nSPS) is 28.5. The molecule has 0 bridgehead atoms. The van der Waals surface area contributed by atoms with Gasteiger partial charge in [0.05, 0.1) is 6.10 Å². The lowest BCUT2D eigenvalue weighted by Crippen LogP contribution is -2.28. The maximum Gasteiger partial charge on any atom is 0.0575 e. The molecule has 0 amide bonds. The zero-order valence-corrected chi connectivity index (χ0v) is 19.6. The maximum absolute atomic E-state index is 6.20. The molecule has 2 aliphatic carbocycles. The Morgan fingerprint density at radius 3 is 1.64 bits per heavy atom. The SMILES string of the molecule is CCCCCCCCC1CCC([C@H]2CC[C@H](OCCCCCCC)CC2)CC1. The quantitative estimate of drug-likeness (QED) is 0.252. The molecule has 28 heavy (non-hydrogen) atoms. The van der Waals surface area contributed by atoms with Gasteiger partial charge in [-0.2, -0.15) is 0 Å². The van der Waals surface area contributed by atoms with Gasteiger partial charge in [-0.1, -0.05) is 97.3 Å². The first-order valence-corrected chi connectivity index (χ1v) is 13.4. The lowest BCUT2D eigenvalue weighted by molar-refractivity contribution is 0.00527. The van der Waals surface area contributed by atoms with E-state index in [0.717, 1.165) is 24.4 Å². The smallest absolute Gasteiger partial charge is 0.0575 e. The van der Waals surface area contributed by atoms with Crippen LogP contribution in [0.25, 0.3) is 0 Å². The molecule has 2 aliphatic rings. The van der Waals surface area contributed by atoms with Crippen molar-refractivity contribution in [3.8, 4) is 0 Å². The van der Waals surface area contributed by atoms with Crippen LogP contribution in [0.15, 0.2) is 0 Å². The fraction of sp³-hybridized carbons (Fsp3) is 1.00. The molecule has 0 aliphatic heterocycles. The predicted molar refractivity (Wildman–Crippen MR) is 124 cm³/mol. The van der Waals surface area contributed by atoms with Crippen LogP contribution in [0.1, 0.15) is 142 Å². The lowest BCUT2D eigenvalue weighted by Gasteiger charge is -2.38. The summed E-state index contributed by atoms with van der Waals surface area (Å²) in [5.74, 6) is 3.14. The summed E-state index contributed by atoms with van der Waals surface area (Å²) >= 11 is 0. The average molecular weight is 393 g/mol. The second-order valence-electron chi connectivity index (χ2n) is 10.2. The Morgan fingerprint density at radius 1 is 0.536 bits per heavy atom. The summed E-state index contributed by atoms with van der Waals surface area (Å²) in [6.07, 6.45) is 29.4. The molecule has 0 aromatic heterocycles. The summed E-state index contributed by atoms with van der Waals surface area (Å²) in [7, 11) is 0. The topological polar surface area (TPSA) is 9.23 Å². The molecule has 0 radical (unpaired) electrons. The van der Waals surface area contributed by atoms with Crippen molar-refractivity contribution in [1.82, 2.24) is 0 Å². The van der Waals surface area contributed by atoms with Crippen LogP contribution >= 0.6 is 0 Å². The number of hydrogen-bond donors (Lipinski definition) is 0. The molecule has 0 saturated heterocycles. The molecule has 0 heterocycles. The highest BCUT2D eigenvalue weighted by Gasteiger charge is 2.30. The van der Waals surface area contributed by atoms with Gasteiger partial charge in [0.2, 0.25) is 0 Å². The number of rotatable bonds is 15. The van der Waals surface area contributed by atoms with Gasteiger partial charge in [0.1, 0.15) is 0 Å². The summed E-state index contributed by atoms with van der Waals surface area (Å²) < 4.78 is 6.20. The van der Waals surface area contributed by atoms with Crippen molar-refractivity contribution in [3.63, 3.8) is 0 Å².